The van der Waals surface area contributed by atoms with Crippen LogP contribution in [0.3, 0.4) is 0 Å². The maximum atomic E-state index is 14.5. The number of amides is 1. The summed E-state index contributed by atoms with van der Waals surface area (Å²) in [5.74, 6) is -0.397. The minimum atomic E-state index is -1.00. The van der Waals surface area contributed by atoms with Crippen molar-refractivity contribution in [3.8, 4) is 6.07 Å². The van der Waals surface area contributed by atoms with E-state index in [2.05, 4.69) is 10.3 Å². The Kier molecular flexibility index (Phi) is 3.83. The van der Waals surface area contributed by atoms with Crippen LogP contribution in [0, 0.1) is 17.1 Å². The molecule has 0 aliphatic carbocycles. The molecular weight excluding hydrogens is 355 g/mol. The van der Waals surface area contributed by atoms with Crippen molar-refractivity contribution in [2.45, 2.75) is 38.1 Å². The van der Waals surface area contributed by atoms with Gasteiger partial charge in [0.2, 0.25) is 0 Å². The topological polar surface area (TPSA) is 69.0 Å². The summed E-state index contributed by atoms with van der Waals surface area (Å²) in [5, 5.41) is 12.9. The number of nitriles is 1. The number of nitrogens with zero attached hydrogens (tertiary/aromatic N) is 3. The highest BCUT2D eigenvalue weighted by atomic mass is 19.1. The Balaban J connectivity index is 2.11. The molecule has 4 rings (SSSR count). The van der Waals surface area contributed by atoms with Crippen LogP contribution in [0.15, 0.2) is 47.8 Å². The SMILES string of the molecule is CN1C(=O)C2=C(CC1(C)C)Nc1ncc(F)c(C#N)c1[C@@]2(C)c1ccccc1. The third-order valence-electron chi connectivity index (χ3n) is 6.10. The molecule has 0 fully saturated rings. The number of likely N-dealkylation sites (N-methyl/N-ethyl adjacent to an activating group) is 1. The van der Waals surface area contributed by atoms with Crippen molar-refractivity contribution in [2.24, 2.45) is 0 Å². The molecule has 1 aromatic carbocycles. The quantitative estimate of drug-likeness (QED) is 0.824. The minimum absolute atomic E-state index is 0.0873. The van der Waals surface area contributed by atoms with Gasteiger partial charge in [0.05, 0.1) is 22.7 Å². The van der Waals surface area contributed by atoms with Crippen LogP contribution >= 0.6 is 0 Å². The number of aromatic nitrogens is 1. The van der Waals surface area contributed by atoms with Crippen molar-refractivity contribution in [3.05, 3.63) is 70.3 Å². The Labute approximate surface area is 163 Å². The number of anilines is 1. The number of carbonyl (C=O) groups is 1. The van der Waals surface area contributed by atoms with Crippen LogP contribution in [-0.4, -0.2) is 28.4 Å². The molecule has 6 heteroatoms. The average Bonchev–Trinajstić information content (AvgIpc) is 2.67. The standard InChI is InChI=1S/C22H21FN4O/c1-21(2)10-16-18(20(28)27(21)4)22(3,13-8-6-5-7-9-13)17-14(11-24)15(23)12-25-19(17)26-16/h5-9,12H,10H2,1-4H3,(H,25,26)/t22-/m1/s1. The monoisotopic (exact) mass is 376 g/mol. The Morgan fingerprint density at radius 2 is 1.93 bits per heavy atom. The van der Waals surface area contributed by atoms with Crippen LogP contribution in [0.5, 0.6) is 0 Å². The fraction of sp³-hybridized carbons (Fsp3) is 0.318. The molecular formula is C22H21FN4O. The summed E-state index contributed by atoms with van der Waals surface area (Å²) < 4.78 is 14.5. The number of hydrogen-bond donors (Lipinski definition) is 1. The summed E-state index contributed by atoms with van der Waals surface area (Å²) in [6.07, 6.45) is 1.66. The smallest absolute Gasteiger partial charge is 0.252 e. The number of rotatable bonds is 1. The normalized spacial score (nSPS) is 22.9. The zero-order valence-corrected chi connectivity index (χ0v) is 16.3. The van der Waals surface area contributed by atoms with Gasteiger partial charge in [0.15, 0.2) is 5.82 Å². The van der Waals surface area contributed by atoms with Gasteiger partial charge in [-0.3, -0.25) is 4.79 Å². The number of fused-ring (bicyclic) bond motifs is 1. The number of hydrogen-bond acceptors (Lipinski definition) is 4. The van der Waals surface area contributed by atoms with E-state index < -0.39 is 11.2 Å². The fourth-order valence-electron chi connectivity index (χ4n) is 4.34. The number of carbonyl (C=O) groups excluding carboxylic acids is 1. The van der Waals surface area contributed by atoms with E-state index in [1.54, 1.807) is 11.9 Å². The van der Waals surface area contributed by atoms with Crippen molar-refractivity contribution >= 4 is 11.7 Å². The summed E-state index contributed by atoms with van der Waals surface area (Å²) in [4.78, 5) is 19.4. The van der Waals surface area contributed by atoms with Crippen molar-refractivity contribution in [3.63, 3.8) is 0 Å². The lowest BCUT2D eigenvalue weighted by Gasteiger charge is -2.49. The molecule has 0 unspecified atom stereocenters. The van der Waals surface area contributed by atoms with Gasteiger partial charge < -0.3 is 10.2 Å². The second-order valence-corrected chi connectivity index (χ2v) is 8.14. The van der Waals surface area contributed by atoms with Crippen LogP contribution in [0.25, 0.3) is 0 Å². The van der Waals surface area contributed by atoms with Gasteiger partial charge >= 0.3 is 0 Å². The number of pyridine rings is 1. The van der Waals surface area contributed by atoms with Gasteiger partial charge in [-0.05, 0) is 26.3 Å². The van der Waals surface area contributed by atoms with Crippen LogP contribution < -0.4 is 5.32 Å². The first-order valence-electron chi connectivity index (χ1n) is 9.15. The zero-order chi connectivity index (χ0) is 20.3. The van der Waals surface area contributed by atoms with Crippen LogP contribution in [0.1, 0.15) is 43.9 Å². The predicted octanol–water partition coefficient (Wildman–Crippen LogP) is 3.72. The van der Waals surface area contributed by atoms with Crippen molar-refractivity contribution < 1.29 is 9.18 Å². The van der Waals surface area contributed by atoms with E-state index in [0.29, 0.717) is 23.4 Å². The third-order valence-corrected chi connectivity index (χ3v) is 6.10. The average molecular weight is 376 g/mol. The van der Waals surface area contributed by atoms with E-state index in [1.807, 2.05) is 57.2 Å². The van der Waals surface area contributed by atoms with E-state index >= 15 is 0 Å². The van der Waals surface area contributed by atoms with Crippen molar-refractivity contribution in [1.29, 1.82) is 5.26 Å². The van der Waals surface area contributed by atoms with Gasteiger partial charge in [0.25, 0.3) is 5.91 Å². The Morgan fingerprint density at radius 1 is 1.25 bits per heavy atom. The highest BCUT2D eigenvalue weighted by molar-refractivity contribution is 6.01. The highest BCUT2D eigenvalue weighted by Gasteiger charge is 2.51. The second kappa shape index (κ2) is 5.90. The van der Waals surface area contributed by atoms with Gasteiger partial charge in [-0.2, -0.15) is 5.26 Å². The number of benzene rings is 1. The first-order chi connectivity index (χ1) is 13.2. The van der Waals surface area contributed by atoms with Crippen molar-refractivity contribution in [2.75, 3.05) is 12.4 Å². The van der Waals surface area contributed by atoms with E-state index in [1.165, 1.54) is 0 Å². The molecule has 0 bridgehead atoms. The lowest BCUT2D eigenvalue weighted by Crippen LogP contribution is -2.54. The van der Waals surface area contributed by atoms with E-state index in [0.717, 1.165) is 17.5 Å². The summed E-state index contributed by atoms with van der Waals surface area (Å²) in [6.45, 7) is 5.89. The van der Waals surface area contributed by atoms with Gasteiger partial charge in [0, 0.05) is 30.3 Å². The van der Waals surface area contributed by atoms with Gasteiger partial charge in [-0.15, -0.1) is 0 Å². The first-order valence-corrected chi connectivity index (χ1v) is 9.15. The van der Waals surface area contributed by atoms with Gasteiger partial charge in [-0.25, -0.2) is 9.37 Å². The van der Waals surface area contributed by atoms with Crippen molar-refractivity contribution in [1.82, 2.24) is 9.88 Å². The molecule has 3 heterocycles. The molecule has 1 N–H and O–H groups in total. The summed E-state index contributed by atoms with van der Waals surface area (Å²) in [5.41, 5.74) is 1.06. The zero-order valence-electron chi connectivity index (χ0n) is 16.3. The second-order valence-electron chi connectivity index (χ2n) is 8.14. The maximum absolute atomic E-state index is 14.5. The van der Waals surface area contributed by atoms with Gasteiger partial charge in [-0.1, -0.05) is 30.3 Å². The largest absolute Gasteiger partial charge is 0.343 e. The molecule has 0 spiro atoms. The number of nitrogens with one attached hydrogen (secondary N) is 1. The molecule has 0 radical (unpaired) electrons. The number of halogens is 1. The van der Waals surface area contributed by atoms with Gasteiger partial charge in [0.1, 0.15) is 11.9 Å². The fourth-order valence-corrected chi connectivity index (χ4v) is 4.34. The molecule has 2 aliphatic heterocycles. The van der Waals surface area contributed by atoms with Crippen LogP contribution in [-0.2, 0) is 10.2 Å². The maximum Gasteiger partial charge on any atom is 0.252 e. The minimum Gasteiger partial charge on any atom is -0.343 e. The van der Waals surface area contributed by atoms with Crippen LogP contribution in [0.2, 0.25) is 0 Å². The Hall–Kier alpha value is -3.20. The summed E-state index contributed by atoms with van der Waals surface area (Å²) in [7, 11) is 1.78. The van der Waals surface area contributed by atoms with E-state index in [-0.39, 0.29) is 17.0 Å². The Bertz CT molecular complexity index is 1070. The lowest BCUT2D eigenvalue weighted by atomic mass is 9.64. The first kappa shape index (κ1) is 18.2. The predicted molar refractivity (Wildman–Crippen MR) is 104 cm³/mol. The molecule has 142 valence electrons. The Morgan fingerprint density at radius 3 is 2.57 bits per heavy atom. The lowest BCUT2D eigenvalue weighted by molar-refractivity contribution is -0.132. The molecule has 1 aromatic heterocycles. The molecule has 2 aromatic rings. The molecule has 1 atom stereocenters. The molecule has 0 saturated carbocycles. The molecule has 28 heavy (non-hydrogen) atoms. The molecule has 5 nitrogen and oxygen atoms in total. The van der Waals surface area contributed by atoms with E-state index in [4.69, 9.17) is 0 Å². The van der Waals surface area contributed by atoms with E-state index in [9.17, 15) is 14.4 Å². The third kappa shape index (κ3) is 2.29. The summed E-state index contributed by atoms with van der Waals surface area (Å²) >= 11 is 0. The summed E-state index contributed by atoms with van der Waals surface area (Å²) in [6, 6.07) is 11.4. The van der Waals surface area contributed by atoms with Crippen LogP contribution in [0.4, 0.5) is 10.2 Å². The molecule has 0 saturated heterocycles. The molecule has 2 aliphatic rings. The molecule has 1 amide bonds. The highest BCUT2D eigenvalue weighted by Crippen LogP contribution is 2.51.